The van der Waals surface area contributed by atoms with Gasteiger partial charge in [0.25, 0.3) is 0 Å². The summed E-state index contributed by atoms with van der Waals surface area (Å²) in [6.07, 6.45) is 1.92. The summed E-state index contributed by atoms with van der Waals surface area (Å²) in [7, 11) is 0. The lowest BCUT2D eigenvalue weighted by Crippen LogP contribution is -2.06. The third-order valence-corrected chi connectivity index (χ3v) is 3.43. The van der Waals surface area contributed by atoms with Crippen LogP contribution in [0.15, 0.2) is 12.1 Å². The zero-order valence-electron chi connectivity index (χ0n) is 10.8. The van der Waals surface area contributed by atoms with Crippen molar-refractivity contribution in [3.63, 3.8) is 0 Å². The molecule has 1 heterocycles. The zero-order chi connectivity index (χ0) is 14.4. The minimum atomic E-state index is -1.51. The number of hydrogen-bond acceptors (Lipinski definition) is 3. The van der Waals surface area contributed by atoms with Gasteiger partial charge < -0.3 is 5.73 Å². The number of aromatic nitrogens is 2. The van der Waals surface area contributed by atoms with E-state index >= 15 is 0 Å². The normalized spacial score (nSPS) is 14.6. The number of anilines is 1. The van der Waals surface area contributed by atoms with Crippen molar-refractivity contribution in [1.82, 2.24) is 9.97 Å². The lowest BCUT2D eigenvalue weighted by Gasteiger charge is -2.11. The highest BCUT2D eigenvalue weighted by molar-refractivity contribution is 5.68. The van der Waals surface area contributed by atoms with Crippen LogP contribution in [0.4, 0.5) is 19.0 Å². The summed E-state index contributed by atoms with van der Waals surface area (Å²) in [5.41, 5.74) is 6.38. The van der Waals surface area contributed by atoms with Crippen molar-refractivity contribution in [3.8, 4) is 11.3 Å². The molecule has 1 aromatic carbocycles. The monoisotopic (exact) mass is 279 g/mol. The van der Waals surface area contributed by atoms with Gasteiger partial charge in [-0.25, -0.2) is 23.1 Å². The maximum absolute atomic E-state index is 13.9. The number of nitrogen functional groups attached to an aromatic ring is 1. The van der Waals surface area contributed by atoms with E-state index in [9.17, 15) is 13.2 Å². The van der Waals surface area contributed by atoms with E-state index in [0.717, 1.165) is 18.9 Å². The number of rotatable bonds is 2. The second-order valence-electron chi connectivity index (χ2n) is 4.94. The van der Waals surface area contributed by atoms with Gasteiger partial charge in [-0.1, -0.05) is 0 Å². The van der Waals surface area contributed by atoms with E-state index in [1.54, 1.807) is 6.92 Å². The summed E-state index contributed by atoms with van der Waals surface area (Å²) in [6, 6.07) is 2.04. The summed E-state index contributed by atoms with van der Waals surface area (Å²) >= 11 is 0. The summed E-state index contributed by atoms with van der Waals surface area (Å²) in [6.45, 7) is 1.63. The Labute approximate surface area is 113 Å². The molecule has 0 amide bonds. The Morgan fingerprint density at radius 2 is 1.80 bits per heavy atom. The highest BCUT2D eigenvalue weighted by Gasteiger charge is 2.29. The predicted octanol–water partition coefficient (Wildman–Crippen LogP) is 3.33. The van der Waals surface area contributed by atoms with Crippen molar-refractivity contribution in [2.75, 3.05) is 5.73 Å². The lowest BCUT2D eigenvalue weighted by molar-refractivity contribution is 0.448. The van der Waals surface area contributed by atoms with Gasteiger partial charge in [-0.15, -0.1) is 0 Å². The fraction of sp³-hybridized carbons (Fsp3) is 0.286. The van der Waals surface area contributed by atoms with Gasteiger partial charge in [-0.3, -0.25) is 0 Å². The maximum Gasteiger partial charge on any atom is 0.195 e. The number of nitrogens with zero attached hydrogens (tertiary/aromatic N) is 2. The van der Waals surface area contributed by atoms with E-state index in [1.807, 2.05) is 0 Å². The van der Waals surface area contributed by atoms with Crippen LogP contribution in [-0.2, 0) is 0 Å². The maximum atomic E-state index is 13.9. The molecule has 2 N–H and O–H groups in total. The zero-order valence-corrected chi connectivity index (χ0v) is 10.8. The molecule has 20 heavy (non-hydrogen) atoms. The van der Waals surface area contributed by atoms with Gasteiger partial charge >= 0.3 is 0 Å². The van der Waals surface area contributed by atoms with Crippen LogP contribution in [0.2, 0.25) is 0 Å². The van der Waals surface area contributed by atoms with E-state index < -0.39 is 17.5 Å². The Hall–Kier alpha value is -2.11. The van der Waals surface area contributed by atoms with Crippen molar-refractivity contribution in [2.45, 2.75) is 25.7 Å². The second-order valence-corrected chi connectivity index (χ2v) is 4.94. The van der Waals surface area contributed by atoms with E-state index in [1.165, 1.54) is 6.07 Å². The molecule has 1 aromatic heterocycles. The first-order chi connectivity index (χ1) is 9.49. The Kier molecular flexibility index (Phi) is 2.88. The molecule has 3 rings (SSSR count). The van der Waals surface area contributed by atoms with Crippen molar-refractivity contribution in [3.05, 3.63) is 41.0 Å². The number of halogens is 3. The standard InChI is InChI=1S/C14H12F3N3/c1-6-12(8-4-5-9(15)11(17)10(8)16)19-14(7-2-3-7)20-13(6)18/h4-5,7H,2-3H2,1H3,(H2,18,19,20). The van der Waals surface area contributed by atoms with Gasteiger partial charge in [0.1, 0.15) is 11.6 Å². The van der Waals surface area contributed by atoms with Crippen LogP contribution in [0.1, 0.15) is 30.1 Å². The largest absolute Gasteiger partial charge is 0.383 e. The Morgan fingerprint density at radius 3 is 2.45 bits per heavy atom. The first-order valence-electron chi connectivity index (χ1n) is 6.27. The molecular weight excluding hydrogens is 267 g/mol. The van der Waals surface area contributed by atoms with Gasteiger partial charge in [-0.05, 0) is 31.9 Å². The third kappa shape index (κ3) is 2.01. The summed E-state index contributed by atoms with van der Waals surface area (Å²) in [4.78, 5) is 8.44. The molecule has 104 valence electrons. The number of nitrogens with two attached hydrogens (primary N) is 1. The van der Waals surface area contributed by atoms with E-state index in [4.69, 9.17) is 5.73 Å². The van der Waals surface area contributed by atoms with E-state index in [-0.39, 0.29) is 23.0 Å². The summed E-state index contributed by atoms with van der Waals surface area (Å²) in [5, 5.41) is 0. The highest BCUT2D eigenvalue weighted by atomic mass is 19.2. The van der Waals surface area contributed by atoms with Gasteiger partial charge in [0.15, 0.2) is 17.5 Å². The van der Waals surface area contributed by atoms with Crippen LogP contribution in [-0.4, -0.2) is 9.97 Å². The van der Waals surface area contributed by atoms with Crippen LogP contribution >= 0.6 is 0 Å². The van der Waals surface area contributed by atoms with Crippen LogP contribution in [0.25, 0.3) is 11.3 Å². The van der Waals surface area contributed by atoms with Gasteiger partial charge in [0.2, 0.25) is 0 Å². The van der Waals surface area contributed by atoms with Gasteiger partial charge in [0.05, 0.1) is 5.69 Å². The Balaban J connectivity index is 2.21. The Morgan fingerprint density at radius 1 is 1.10 bits per heavy atom. The molecule has 0 bridgehead atoms. The van der Waals surface area contributed by atoms with Crippen LogP contribution in [0, 0.1) is 24.4 Å². The molecule has 1 aliphatic carbocycles. The average molecular weight is 279 g/mol. The molecule has 1 fully saturated rings. The molecule has 0 aliphatic heterocycles. The molecular formula is C14H12F3N3. The minimum Gasteiger partial charge on any atom is -0.383 e. The molecule has 2 aromatic rings. The molecule has 0 saturated heterocycles. The highest BCUT2D eigenvalue weighted by Crippen LogP contribution is 2.40. The topological polar surface area (TPSA) is 51.8 Å². The third-order valence-electron chi connectivity index (χ3n) is 3.43. The van der Waals surface area contributed by atoms with E-state index in [2.05, 4.69) is 9.97 Å². The van der Waals surface area contributed by atoms with Crippen LogP contribution in [0.3, 0.4) is 0 Å². The fourth-order valence-electron chi connectivity index (χ4n) is 2.05. The molecule has 3 nitrogen and oxygen atoms in total. The van der Waals surface area contributed by atoms with Crippen LogP contribution < -0.4 is 5.73 Å². The van der Waals surface area contributed by atoms with Crippen molar-refractivity contribution in [2.24, 2.45) is 0 Å². The number of benzene rings is 1. The van der Waals surface area contributed by atoms with Crippen molar-refractivity contribution < 1.29 is 13.2 Å². The lowest BCUT2D eigenvalue weighted by atomic mass is 10.1. The minimum absolute atomic E-state index is 0.0996. The molecule has 0 atom stereocenters. The van der Waals surface area contributed by atoms with E-state index in [0.29, 0.717) is 11.4 Å². The smallest absolute Gasteiger partial charge is 0.195 e. The van der Waals surface area contributed by atoms with Gasteiger partial charge in [-0.2, -0.15) is 0 Å². The van der Waals surface area contributed by atoms with Crippen molar-refractivity contribution in [1.29, 1.82) is 0 Å². The average Bonchev–Trinajstić information content (AvgIpc) is 3.24. The predicted molar refractivity (Wildman–Crippen MR) is 68.5 cm³/mol. The summed E-state index contributed by atoms with van der Waals surface area (Å²) in [5.74, 6) is -2.99. The first-order valence-corrected chi connectivity index (χ1v) is 6.27. The SMILES string of the molecule is Cc1c(N)nc(C2CC2)nc1-c1ccc(F)c(F)c1F. The second kappa shape index (κ2) is 4.47. The quantitative estimate of drug-likeness (QED) is 0.858. The van der Waals surface area contributed by atoms with Crippen LogP contribution in [0.5, 0.6) is 0 Å². The molecule has 0 radical (unpaired) electrons. The molecule has 1 saturated carbocycles. The number of hydrogen-bond donors (Lipinski definition) is 1. The van der Waals surface area contributed by atoms with Gasteiger partial charge in [0, 0.05) is 17.0 Å². The first kappa shape index (κ1) is 12.9. The molecule has 0 unspecified atom stereocenters. The molecule has 0 spiro atoms. The fourth-order valence-corrected chi connectivity index (χ4v) is 2.05. The summed E-state index contributed by atoms with van der Waals surface area (Å²) < 4.78 is 40.2. The Bertz CT molecular complexity index is 697. The van der Waals surface area contributed by atoms with Crippen molar-refractivity contribution >= 4 is 5.82 Å². The molecule has 6 heteroatoms. The molecule has 1 aliphatic rings.